The summed E-state index contributed by atoms with van der Waals surface area (Å²) in [6.07, 6.45) is 2.10. The van der Waals surface area contributed by atoms with Gasteiger partial charge >= 0.3 is 0 Å². The number of thioether (sulfide) groups is 2. The summed E-state index contributed by atoms with van der Waals surface area (Å²) >= 11 is 3.74. The van der Waals surface area contributed by atoms with E-state index < -0.39 is 0 Å². The maximum Gasteiger partial charge on any atom is 0.0966 e. The standard InChI is InChI=1S/C10H19N3S2/c1-8(2)5-15-7-10-9(6-14-4)11-13(3)12-10/h8H,5-7H2,1-4H3. The van der Waals surface area contributed by atoms with E-state index in [0.717, 1.165) is 28.8 Å². The van der Waals surface area contributed by atoms with E-state index in [1.54, 1.807) is 16.6 Å². The summed E-state index contributed by atoms with van der Waals surface area (Å²) in [7, 11) is 1.89. The van der Waals surface area contributed by atoms with Gasteiger partial charge in [0.1, 0.15) is 0 Å². The molecule has 0 aromatic carbocycles. The smallest absolute Gasteiger partial charge is 0.0966 e. The molecule has 0 N–H and O–H groups in total. The van der Waals surface area contributed by atoms with Gasteiger partial charge in [-0.05, 0) is 17.9 Å². The van der Waals surface area contributed by atoms with E-state index >= 15 is 0 Å². The van der Waals surface area contributed by atoms with Gasteiger partial charge in [-0.15, -0.1) is 0 Å². The van der Waals surface area contributed by atoms with Gasteiger partial charge in [0.25, 0.3) is 0 Å². The molecule has 0 amide bonds. The fraction of sp³-hybridized carbons (Fsp3) is 0.800. The fourth-order valence-corrected chi connectivity index (χ4v) is 2.74. The van der Waals surface area contributed by atoms with Crippen LogP contribution in [0.15, 0.2) is 0 Å². The lowest BCUT2D eigenvalue weighted by Gasteiger charge is -2.03. The predicted octanol–water partition coefficient (Wildman–Crippen LogP) is 2.57. The van der Waals surface area contributed by atoms with Crippen LogP contribution in [-0.2, 0) is 18.6 Å². The summed E-state index contributed by atoms with van der Waals surface area (Å²) in [5, 5.41) is 8.77. The van der Waals surface area contributed by atoms with Crippen LogP contribution in [0.1, 0.15) is 25.2 Å². The molecule has 0 saturated carbocycles. The number of hydrogen-bond acceptors (Lipinski definition) is 4. The Kier molecular flexibility index (Phi) is 5.53. The van der Waals surface area contributed by atoms with E-state index in [4.69, 9.17) is 0 Å². The third-order valence-corrected chi connectivity index (χ3v) is 3.78. The monoisotopic (exact) mass is 245 g/mol. The van der Waals surface area contributed by atoms with Crippen molar-refractivity contribution in [2.75, 3.05) is 12.0 Å². The first-order chi connectivity index (χ1) is 7.13. The summed E-state index contributed by atoms with van der Waals surface area (Å²) in [5.74, 6) is 3.89. The van der Waals surface area contributed by atoms with Crippen molar-refractivity contribution in [3.63, 3.8) is 0 Å². The first kappa shape index (κ1) is 12.9. The van der Waals surface area contributed by atoms with Crippen LogP contribution in [0.4, 0.5) is 0 Å². The fourth-order valence-electron chi connectivity index (χ4n) is 1.24. The first-order valence-electron chi connectivity index (χ1n) is 5.09. The third-order valence-electron chi connectivity index (χ3n) is 1.83. The minimum atomic E-state index is 0.746. The second-order valence-corrected chi connectivity index (χ2v) is 5.82. The number of aromatic nitrogens is 3. The minimum absolute atomic E-state index is 0.746. The van der Waals surface area contributed by atoms with E-state index in [1.807, 2.05) is 18.8 Å². The maximum absolute atomic E-state index is 4.40. The Balaban J connectivity index is 2.51. The van der Waals surface area contributed by atoms with Crippen LogP contribution in [0.5, 0.6) is 0 Å². The molecule has 0 spiro atoms. The highest BCUT2D eigenvalue weighted by Crippen LogP contribution is 2.18. The Morgan fingerprint density at radius 2 is 1.80 bits per heavy atom. The van der Waals surface area contributed by atoms with Crippen molar-refractivity contribution in [1.82, 2.24) is 15.0 Å². The molecule has 0 atom stereocenters. The molecule has 1 rings (SSSR count). The maximum atomic E-state index is 4.40. The van der Waals surface area contributed by atoms with E-state index in [2.05, 4.69) is 30.3 Å². The Bertz CT molecular complexity index is 297. The number of rotatable bonds is 6. The van der Waals surface area contributed by atoms with Crippen LogP contribution >= 0.6 is 23.5 Å². The topological polar surface area (TPSA) is 30.7 Å². The lowest BCUT2D eigenvalue weighted by Crippen LogP contribution is -1.95. The Morgan fingerprint density at radius 3 is 2.33 bits per heavy atom. The highest BCUT2D eigenvalue weighted by atomic mass is 32.2. The summed E-state index contributed by atoms with van der Waals surface area (Å²) in [6, 6.07) is 0. The van der Waals surface area contributed by atoms with Crippen LogP contribution in [0.2, 0.25) is 0 Å². The van der Waals surface area contributed by atoms with Crippen molar-refractivity contribution in [3.8, 4) is 0 Å². The molecule has 0 aliphatic carbocycles. The zero-order valence-corrected chi connectivity index (χ0v) is 11.5. The SMILES string of the molecule is CSCc1nn(C)nc1CSCC(C)C. The Labute approximate surface area is 100 Å². The molecule has 15 heavy (non-hydrogen) atoms. The molecule has 86 valence electrons. The van der Waals surface area contributed by atoms with Gasteiger partial charge in [0.15, 0.2) is 0 Å². The normalized spacial score (nSPS) is 11.3. The molecule has 1 heterocycles. The van der Waals surface area contributed by atoms with Crippen LogP contribution in [0, 0.1) is 5.92 Å². The van der Waals surface area contributed by atoms with Crippen molar-refractivity contribution in [2.24, 2.45) is 13.0 Å². The Morgan fingerprint density at radius 1 is 1.20 bits per heavy atom. The van der Waals surface area contributed by atoms with Crippen molar-refractivity contribution in [2.45, 2.75) is 25.4 Å². The van der Waals surface area contributed by atoms with Crippen LogP contribution in [0.25, 0.3) is 0 Å². The van der Waals surface area contributed by atoms with Gasteiger partial charge in [-0.1, -0.05) is 13.8 Å². The molecule has 0 saturated heterocycles. The van der Waals surface area contributed by atoms with E-state index in [9.17, 15) is 0 Å². The molecule has 0 bridgehead atoms. The second kappa shape index (κ2) is 6.43. The van der Waals surface area contributed by atoms with Crippen molar-refractivity contribution < 1.29 is 0 Å². The zero-order valence-electron chi connectivity index (χ0n) is 9.86. The van der Waals surface area contributed by atoms with E-state index in [-0.39, 0.29) is 0 Å². The summed E-state index contributed by atoms with van der Waals surface area (Å²) in [5.41, 5.74) is 2.29. The predicted molar refractivity (Wildman–Crippen MR) is 69.2 cm³/mol. The van der Waals surface area contributed by atoms with Crippen molar-refractivity contribution >= 4 is 23.5 Å². The molecular formula is C10H19N3S2. The van der Waals surface area contributed by atoms with Gasteiger partial charge in [0, 0.05) is 18.6 Å². The molecule has 3 nitrogen and oxygen atoms in total. The van der Waals surface area contributed by atoms with E-state index in [1.165, 1.54) is 5.75 Å². The van der Waals surface area contributed by atoms with Gasteiger partial charge in [0.05, 0.1) is 11.4 Å². The van der Waals surface area contributed by atoms with Gasteiger partial charge in [0.2, 0.25) is 0 Å². The van der Waals surface area contributed by atoms with Gasteiger partial charge in [-0.25, -0.2) is 0 Å². The average molecular weight is 245 g/mol. The van der Waals surface area contributed by atoms with Crippen LogP contribution < -0.4 is 0 Å². The first-order valence-corrected chi connectivity index (χ1v) is 7.64. The summed E-state index contributed by atoms with van der Waals surface area (Å²) < 4.78 is 0. The van der Waals surface area contributed by atoms with E-state index in [0.29, 0.717) is 0 Å². The van der Waals surface area contributed by atoms with Crippen molar-refractivity contribution in [1.29, 1.82) is 0 Å². The molecule has 1 aromatic rings. The lowest BCUT2D eigenvalue weighted by molar-refractivity contribution is 0.644. The molecule has 5 heteroatoms. The molecule has 0 radical (unpaired) electrons. The highest BCUT2D eigenvalue weighted by Gasteiger charge is 2.09. The van der Waals surface area contributed by atoms with Crippen LogP contribution in [-0.4, -0.2) is 27.0 Å². The molecule has 0 aliphatic heterocycles. The number of nitrogens with zero attached hydrogens (tertiary/aromatic N) is 3. The molecule has 0 unspecified atom stereocenters. The van der Waals surface area contributed by atoms with Crippen molar-refractivity contribution in [3.05, 3.63) is 11.4 Å². The number of aryl methyl sites for hydroxylation is 1. The molecular weight excluding hydrogens is 226 g/mol. The average Bonchev–Trinajstić information content (AvgIpc) is 2.47. The quantitative estimate of drug-likeness (QED) is 0.771. The lowest BCUT2D eigenvalue weighted by atomic mass is 10.3. The van der Waals surface area contributed by atoms with Gasteiger partial charge in [-0.2, -0.15) is 38.5 Å². The van der Waals surface area contributed by atoms with Gasteiger partial charge in [-0.3, -0.25) is 0 Å². The van der Waals surface area contributed by atoms with Crippen LogP contribution in [0.3, 0.4) is 0 Å². The zero-order chi connectivity index (χ0) is 11.3. The summed E-state index contributed by atoms with van der Waals surface area (Å²) in [6.45, 7) is 4.49. The van der Waals surface area contributed by atoms with Gasteiger partial charge < -0.3 is 0 Å². The molecule has 1 aromatic heterocycles. The number of hydrogen-bond donors (Lipinski definition) is 0. The second-order valence-electron chi connectivity index (χ2n) is 3.92. The minimum Gasteiger partial charge on any atom is -0.187 e. The highest BCUT2D eigenvalue weighted by molar-refractivity contribution is 7.98. The largest absolute Gasteiger partial charge is 0.187 e. The summed E-state index contributed by atoms with van der Waals surface area (Å²) in [4.78, 5) is 1.68. The Hall–Kier alpha value is -0.160. The molecule has 0 aliphatic rings. The third kappa shape index (κ3) is 4.47. The molecule has 0 fully saturated rings.